The standard InChI is InChI=1S/C12H23N7O/c1-4-13-12(15-10-11(20)18(2)3)14-6-5-8-19-9-7-16-17-19/h7,9H,4-6,8,10H2,1-3H3,(H2,13,14,15). The number of rotatable bonds is 7. The molecule has 0 aliphatic carbocycles. The zero-order valence-corrected chi connectivity index (χ0v) is 12.3. The highest BCUT2D eigenvalue weighted by molar-refractivity contribution is 5.84. The monoisotopic (exact) mass is 281 g/mol. The Hall–Kier alpha value is -2.12. The van der Waals surface area contributed by atoms with Gasteiger partial charge in [-0.2, -0.15) is 0 Å². The van der Waals surface area contributed by atoms with Gasteiger partial charge in [0, 0.05) is 39.9 Å². The molecule has 8 heteroatoms. The van der Waals surface area contributed by atoms with Crippen molar-refractivity contribution < 1.29 is 4.79 Å². The molecule has 0 bridgehead atoms. The van der Waals surface area contributed by atoms with Gasteiger partial charge in [0.15, 0.2) is 5.96 Å². The fraction of sp³-hybridized carbons (Fsp3) is 0.667. The Bertz CT molecular complexity index is 413. The minimum absolute atomic E-state index is 0.0233. The predicted octanol–water partition coefficient (Wildman–Crippen LogP) is -0.688. The number of hydrogen-bond donors (Lipinski definition) is 2. The largest absolute Gasteiger partial charge is 0.357 e. The average Bonchev–Trinajstić information content (AvgIpc) is 2.93. The van der Waals surface area contributed by atoms with Crippen molar-refractivity contribution in [3.05, 3.63) is 12.4 Å². The van der Waals surface area contributed by atoms with E-state index in [2.05, 4.69) is 25.9 Å². The van der Waals surface area contributed by atoms with E-state index >= 15 is 0 Å². The summed E-state index contributed by atoms with van der Waals surface area (Å²) in [6, 6.07) is 0. The summed E-state index contributed by atoms with van der Waals surface area (Å²) >= 11 is 0. The van der Waals surface area contributed by atoms with Crippen LogP contribution in [0.3, 0.4) is 0 Å². The molecule has 1 amide bonds. The van der Waals surface area contributed by atoms with Gasteiger partial charge in [-0.3, -0.25) is 9.48 Å². The summed E-state index contributed by atoms with van der Waals surface area (Å²) in [7, 11) is 3.44. The molecule has 0 aliphatic rings. The van der Waals surface area contributed by atoms with E-state index in [-0.39, 0.29) is 12.5 Å². The molecule has 1 rings (SSSR count). The minimum Gasteiger partial charge on any atom is -0.357 e. The van der Waals surface area contributed by atoms with Crippen LogP contribution in [-0.2, 0) is 11.3 Å². The second-order valence-corrected chi connectivity index (χ2v) is 4.43. The highest BCUT2D eigenvalue weighted by Gasteiger charge is 2.03. The van der Waals surface area contributed by atoms with Gasteiger partial charge >= 0.3 is 0 Å². The number of carbonyl (C=O) groups excluding carboxylic acids is 1. The van der Waals surface area contributed by atoms with Crippen LogP contribution in [0.5, 0.6) is 0 Å². The maximum atomic E-state index is 11.5. The van der Waals surface area contributed by atoms with E-state index < -0.39 is 0 Å². The first-order valence-corrected chi connectivity index (χ1v) is 6.70. The van der Waals surface area contributed by atoms with Crippen molar-refractivity contribution >= 4 is 11.9 Å². The quantitative estimate of drug-likeness (QED) is 0.392. The third kappa shape index (κ3) is 6.17. The van der Waals surface area contributed by atoms with Crippen molar-refractivity contribution in [1.29, 1.82) is 0 Å². The van der Waals surface area contributed by atoms with Crippen molar-refractivity contribution in [3.8, 4) is 0 Å². The lowest BCUT2D eigenvalue weighted by molar-refractivity contribution is -0.127. The lowest BCUT2D eigenvalue weighted by Crippen LogP contribution is -2.39. The Morgan fingerprint density at radius 1 is 1.40 bits per heavy atom. The van der Waals surface area contributed by atoms with E-state index in [0.717, 1.165) is 26.1 Å². The normalized spacial score (nSPS) is 11.2. The molecule has 0 aromatic carbocycles. The number of aryl methyl sites for hydroxylation is 1. The molecule has 1 aromatic heterocycles. The van der Waals surface area contributed by atoms with Crippen LogP contribution in [0.15, 0.2) is 17.4 Å². The zero-order valence-electron chi connectivity index (χ0n) is 12.3. The van der Waals surface area contributed by atoms with Crippen LogP contribution in [0.4, 0.5) is 0 Å². The van der Waals surface area contributed by atoms with E-state index in [1.54, 1.807) is 25.0 Å². The summed E-state index contributed by atoms with van der Waals surface area (Å²) in [6.07, 6.45) is 4.39. The molecular weight excluding hydrogens is 258 g/mol. The Balaban J connectivity index is 2.30. The molecule has 112 valence electrons. The molecule has 1 heterocycles. The smallest absolute Gasteiger partial charge is 0.243 e. The summed E-state index contributed by atoms with van der Waals surface area (Å²) < 4.78 is 1.78. The number of nitrogens with one attached hydrogen (secondary N) is 2. The van der Waals surface area contributed by atoms with Crippen LogP contribution in [0.2, 0.25) is 0 Å². The Morgan fingerprint density at radius 2 is 2.20 bits per heavy atom. The van der Waals surface area contributed by atoms with Gasteiger partial charge in [0.1, 0.15) is 6.54 Å². The first-order valence-electron chi connectivity index (χ1n) is 6.70. The second-order valence-electron chi connectivity index (χ2n) is 4.43. The Morgan fingerprint density at radius 3 is 2.80 bits per heavy atom. The highest BCUT2D eigenvalue weighted by Crippen LogP contribution is 1.86. The van der Waals surface area contributed by atoms with Crippen molar-refractivity contribution in [1.82, 2.24) is 30.5 Å². The van der Waals surface area contributed by atoms with Crippen LogP contribution in [0, 0.1) is 0 Å². The number of amides is 1. The van der Waals surface area contributed by atoms with Gasteiger partial charge in [0.05, 0.1) is 6.20 Å². The lowest BCUT2D eigenvalue weighted by Gasteiger charge is -2.12. The first-order chi connectivity index (χ1) is 9.63. The molecule has 0 atom stereocenters. The minimum atomic E-state index is -0.0233. The van der Waals surface area contributed by atoms with E-state index in [0.29, 0.717) is 5.96 Å². The van der Waals surface area contributed by atoms with Gasteiger partial charge in [-0.1, -0.05) is 5.21 Å². The predicted molar refractivity (Wildman–Crippen MR) is 77.3 cm³/mol. The van der Waals surface area contributed by atoms with Gasteiger partial charge in [-0.15, -0.1) is 5.10 Å². The third-order valence-corrected chi connectivity index (χ3v) is 2.54. The van der Waals surface area contributed by atoms with Crippen molar-refractivity contribution in [2.24, 2.45) is 4.99 Å². The fourth-order valence-electron chi connectivity index (χ4n) is 1.43. The summed E-state index contributed by atoms with van der Waals surface area (Å²) in [5.74, 6) is 0.631. The first kappa shape index (κ1) is 15.9. The summed E-state index contributed by atoms with van der Waals surface area (Å²) in [5, 5.41) is 13.9. The van der Waals surface area contributed by atoms with Crippen molar-refractivity contribution in [3.63, 3.8) is 0 Å². The third-order valence-electron chi connectivity index (χ3n) is 2.54. The topological polar surface area (TPSA) is 87.4 Å². The molecule has 0 unspecified atom stereocenters. The van der Waals surface area contributed by atoms with Gasteiger partial charge in [-0.05, 0) is 13.3 Å². The molecule has 0 spiro atoms. The molecule has 0 radical (unpaired) electrons. The fourth-order valence-corrected chi connectivity index (χ4v) is 1.43. The van der Waals surface area contributed by atoms with E-state index in [9.17, 15) is 4.79 Å². The van der Waals surface area contributed by atoms with Gasteiger partial charge in [0.2, 0.25) is 5.91 Å². The molecule has 0 fully saturated rings. The molecule has 1 aromatic rings. The highest BCUT2D eigenvalue weighted by atomic mass is 16.2. The number of hydrogen-bond acceptors (Lipinski definition) is 4. The van der Waals surface area contributed by atoms with Crippen molar-refractivity contribution in [2.75, 3.05) is 33.7 Å². The van der Waals surface area contributed by atoms with Crippen LogP contribution < -0.4 is 10.6 Å². The maximum Gasteiger partial charge on any atom is 0.243 e. The number of guanidine groups is 1. The number of carbonyl (C=O) groups is 1. The number of nitrogens with zero attached hydrogens (tertiary/aromatic N) is 5. The molecule has 0 saturated heterocycles. The molecular formula is C12H23N7O. The summed E-state index contributed by atoms with van der Waals surface area (Å²) in [5.41, 5.74) is 0. The molecule has 0 saturated carbocycles. The Kier molecular flexibility index (Phi) is 7.08. The van der Waals surface area contributed by atoms with Crippen LogP contribution >= 0.6 is 0 Å². The molecule has 20 heavy (non-hydrogen) atoms. The SMILES string of the molecule is CCNC(=NCC(=O)N(C)C)NCCCn1ccnn1. The maximum absolute atomic E-state index is 11.5. The number of aliphatic imine (C=N–C) groups is 1. The number of aromatic nitrogens is 3. The lowest BCUT2D eigenvalue weighted by atomic mass is 10.4. The van der Waals surface area contributed by atoms with Gasteiger partial charge < -0.3 is 15.5 Å². The van der Waals surface area contributed by atoms with E-state index in [1.165, 1.54) is 4.90 Å². The van der Waals surface area contributed by atoms with Crippen LogP contribution in [0.1, 0.15) is 13.3 Å². The summed E-state index contributed by atoms with van der Waals surface area (Å²) in [6.45, 7) is 4.43. The van der Waals surface area contributed by atoms with Crippen LogP contribution in [0.25, 0.3) is 0 Å². The summed E-state index contributed by atoms with van der Waals surface area (Å²) in [4.78, 5) is 17.2. The van der Waals surface area contributed by atoms with Crippen LogP contribution in [-0.4, -0.2) is 65.5 Å². The second kappa shape index (κ2) is 8.89. The molecule has 2 N–H and O–H groups in total. The average molecular weight is 281 g/mol. The van der Waals surface area contributed by atoms with Crippen molar-refractivity contribution in [2.45, 2.75) is 19.9 Å². The van der Waals surface area contributed by atoms with Gasteiger partial charge in [-0.25, -0.2) is 4.99 Å². The van der Waals surface area contributed by atoms with Gasteiger partial charge in [0.25, 0.3) is 0 Å². The molecule has 8 nitrogen and oxygen atoms in total. The molecule has 0 aliphatic heterocycles. The van der Waals surface area contributed by atoms with E-state index in [4.69, 9.17) is 0 Å². The zero-order chi connectivity index (χ0) is 14.8. The number of likely N-dealkylation sites (N-methyl/N-ethyl adjacent to an activating group) is 1. The Labute approximate surface area is 119 Å². The van der Waals surface area contributed by atoms with E-state index in [1.807, 2.05) is 13.1 Å².